The summed E-state index contributed by atoms with van der Waals surface area (Å²) in [5.74, 6) is -0.610. The molecule has 0 spiro atoms. The van der Waals surface area contributed by atoms with Crippen molar-refractivity contribution in [3.8, 4) is 5.75 Å². The molecule has 2 aromatic carbocycles. The third-order valence-electron chi connectivity index (χ3n) is 6.57. The maximum atomic E-state index is 13.2. The lowest BCUT2D eigenvalue weighted by Gasteiger charge is -2.43. The number of pyridine rings is 1. The Kier molecular flexibility index (Phi) is 6.64. The first-order valence-corrected chi connectivity index (χ1v) is 13.0. The fourth-order valence-corrected chi connectivity index (χ4v) is 6.76. The van der Waals surface area contributed by atoms with Crippen LogP contribution in [0.1, 0.15) is 37.1 Å². The molecule has 3 aromatic rings. The van der Waals surface area contributed by atoms with Gasteiger partial charge in [0.15, 0.2) is 9.84 Å². The van der Waals surface area contributed by atoms with Gasteiger partial charge in [0.2, 0.25) is 0 Å². The largest absolute Gasteiger partial charge is 0.489 e. The van der Waals surface area contributed by atoms with Crippen LogP contribution < -0.4 is 4.74 Å². The summed E-state index contributed by atoms with van der Waals surface area (Å²) in [5, 5.41) is 10.6. The van der Waals surface area contributed by atoms with Crippen LogP contribution in [0.25, 0.3) is 10.9 Å². The number of hydrogen-bond donors (Lipinski definition) is 1. The number of carbonyl (C=O) groups is 1. The van der Waals surface area contributed by atoms with E-state index in [0.717, 1.165) is 22.2 Å². The molecule has 34 heavy (non-hydrogen) atoms. The minimum atomic E-state index is -3.67. The zero-order valence-electron chi connectivity index (χ0n) is 19.7. The molecule has 1 aromatic heterocycles. The Hall–Kier alpha value is -2.97. The van der Waals surface area contributed by atoms with Gasteiger partial charge in [-0.2, -0.15) is 0 Å². The van der Waals surface area contributed by atoms with Crippen LogP contribution in [0.4, 0.5) is 0 Å². The van der Waals surface area contributed by atoms with Gasteiger partial charge in [0.25, 0.3) is 0 Å². The molecule has 1 fully saturated rings. The molecule has 4 rings (SSSR count). The Morgan fingerprint density at radius 1 is 1.18 bits per heavy atom. The molecule has 0 bridgehead atoms. The number of carboxylic acids is 1. The SMILES string of the molecule is Cc1cc(COc2ccc(C3(CC(=O)O)CN(C(C)C)CCS3(=O)=O)cc2)c2ccccc2n1. The molecule has 1 saturated heterocycles. The van der Waals surface area contributed by atoms with Gasteiger partial charge in [0, 0.05) is 35.8 Å². The molecule has 1 N–H and O–H groups in total. The van der Waals surface area contributed by atoms with E-state index in [1.807, 2.05) is 56.0 Å². The average molecular weight is 483 g/mol. The van der Waals surface area contributed by atoms with Crippen LogP contribution in [0.15, 0.2) is 54.6 Å². The van der Waals surface area contributed by atoms with E-state index in [0.29, 0.717) is 24.5 Å². The smallest absolute Gasteiger partial charge is 0.305 e. The molecule has 0 aliphatic carbocycles. The summed E-state index contributed by atoms with van der Waals surface area (Å²) >= 11 is 0. The summed E-state index contributed by atoms with van der Waals surface area (Å²) in [4.78, 5) is 18.3. The highest BCUT2D eigenvalue weighted by molar-refractivity contribution is 7.92. The normalized spacial score (nSPS) is 20.5. The van der Waals surface area contributed by atoms with Crippen LogP contribution in [-0.2, 0) is 26.0 Å². The van der Waals surface area contributed by atoms with Crippen LogP contribution in [0.3, 0.4) is 0 Å². The Labute approximate surface area is 200 Å². The van der Waals surface area contributed by atoms with E-state index in [2.05, 4.69) is 4.98 Å². The van der Waals surface area contributed by atoms with Gasteiger partial charge >= 0.3 is 5.97 Å². The van der Waals surface area contributed by atoms with Gasteiger partial charge in [-0.15, -0.1) is 0 Å². The number of benzene rings is 2. The molecule has 7 nitrogen and oxygen atoms in total. The molecule has 1 unspecified atom stereocenters. The van der Waals surface area contributed by atoms with Crippen LogP contribution >= 0.6 is 0 Å². The number of nitrogens with zero attached hydrogens (tertiary/aromatic N) is 2. The highest BCUT2D eigenvalue weighted by Crippen LogP contribution is 2.40. The first kappa shape index (κ1) is 24.2. The summed E-state index contributed by atoms with van der Waals surface area (Å²) in [5.41, 5.74) is 3.31. The standard InChI is InChI=1S/C26H30N2O5S/c1-18(2)28-12-13-34(31,32)26(17-28,15-25(29)30)21-8-10-22(11-9-21)33-16-20-14-19(3)27-24-7-5-4-6-23(20)24/h4-11,14,18H,12-13,15-17H2,1-3H3,(H,29,30). The maximum Gasteiger partial charge on any atom is 0.305 e. The van der Waals surface area contributed by atoms with Crippen molar-refractivity contribution < 1.29 is 23.1 Å². The van der Waals surface area contributed by atoms with Crippen molar-refractivity contribution in [3.63, 3.8) is 0 Å². The van der Waals surface area contributed by atoms with Gasteiger partial charge < -0.3 is 9.84 Å². The van der Waals surface area contributed by atoms with E-state index >= 15 is 0 Å². The average Bonchev–Trinajstić information content (AvgIpc) is 2.78. The molecule has 1 atom stereocenters. The highest BCUT2D eigenvalue weighted by atomic mass is 32.2. The number of aromatic nitrogens is 1. The summed E-state index contributed by atoms with van der Waals surface area (Å²) in [6, 6.07) is 16.8. The van der Waals surface area contributed by atoms with Crippen LogP contribution in [0.5, 0.6) is 5.75 Å². The number of hydrogen-bond acceptors (Lipinski definition) is 6. The van der Waals surface area contributed by atoms with Crippen molar-refractivity contribution in [2.75, 3.05) is 18.8 Å². The third kappa shape index (κ3) is 4.65. The molecule has 0 radical (unpaired) electrons. The second kappa shape index (κ2) is 9.35. The topological polar surface area (TPSA) is 96.8 Å². The fourth-order valence-electron chi connectivity index (χ4n) is 4.69. The third-order valence-corrected chi connectivity index (χ3v) is 8.99. The van der Waals surface area contributed by atoms with E-state index in [1.165, 1.54) is 0 Å². The van der Waals surface area contributed by atoms with Crippen molar-refractivity contribution in [1.29, 1.82) is 0 Å². The number of aryl methyl sites for hydroxylation is 1. The predicted octanol–water partition coefficient (Wildman–Crippen LogP) is 3.93. The molecule has 2 heterocycles. The van der Waals surface area contributed by atoms with E-state index < -0.39 is 27.0 Å². The number of aliphatic carboxylic acids is 1. The lowest BCUT2D eigenvalue weighted by atomic mass is 9.93. The van der Waals surface area contributed by atoms with Gasteiger partial charge in [0.05, 0.1) is 17.7 Å². The number of ether oxygens (including phenoxy) is 1. The first-order valence-electron chi connectivity index (χ1n) is 11.4. The van der Waals surface area contributed by atoms with E-state index in [9.17, 15) is 18.3 Å². The molecule has 1 aliphatic rings. The Morgan fingerprint density at radius 3 is 2.56 bits per heavy atom. The molecule has 180 valence electrons. The molecular formula is C26H30N2O5S. The Balaban J connectivity index is 1.62. The zero-order chi connectivity index (χ0) is 24.5. The molecule has 0 amide bonds. The summed E-state index contributed by atoms with van der Waals surface area (Å²) in [6.45, 7) is 6.82. The first-order chi connectivity index (χ1) is 16.1. The minimum absolute atomic E-state index is 0.0643. The van der Waals surface area contributed by atoms with Gasteiger partial charge in [-0.1, -0.05) is 30.3 Å². The Bertz CT molecular complexity index is 1300. The van der Waals surface area contributed by atoms with Crippen molar-refractivity contribution in [1.82, 2.24) is 9.88 Å². The van der Waals surface area contributed by atoms with E-state index in [1.54, 1.807) is 24.3 Å². The van der Waals surface area contributed by atoms with E-state index in [4.69, 9.17) is 4.74 Å². The fraction of sp³-hybridized carbons (Fsp3) is 0.385. The predicted molar refractivity (Wildman–Crippen MR) is 132 cm³/mol. The van der Waals surface area contributed by atoms with E-state index in [-0.39, 0.29) is 18.3 Å². The second-order valence-corrected chi connectivity index (χ2v) is 11.6. The summed E-state index contributed by atoms with van der Waals surface area (Å²) in [6.07, 6.45) is -0.471. The van der Waals surface area contributed by atoms with Crippen molar-refractivity contribution in [2.24, 2.45) is 0 Å². The van der Waals surface area contributed by atoms with Crippen LogP contribution in [0.2, 0.25) is 0 Å². The number of fused-ring (bicyclic) bond motifs is 1. The quantitative estimate of drug-likeness (QED) is 0.545. The number of rotatable bonds is 7. The molecule has 1 aliphatic heterocycles. The summed E-state index contributed by atoms with van der Waals surface area (Å²) in [7, 11) is -3.67. The highest BCUT2D eigenvalue weighted by Gasteiger charge is 2.51. The van der Waals surface area contributed by atoms with Gasteiger partial charge in [-0.05, 0) is 50.6 Å². The second-order valence-electron chi connectivity index (χ2n) is 9.20. The molecule has 8 heteroatoms. The monoisotopic (exact) mass is 482 g/mol. The zero-order valence-corrected chi connectivity index (χ0v) is 20.5. The van der Waals surface area contributed by atoms with Crippen LogP contribution in [0, 0.1) is 6.92 Å². The number of sulfone groups is 1. The van der Waals surface area contributed by atoms with Crippen molar-refractivity contribution in [3.05, 3.63) is 71.4 Å². The number of carboxylic acid groups (broad SMARTS) is 1. The lowest BCUT2D eigenvalue weighted by molar-refractivity contribution is -0.138. The maximum absolute atomic E-state index is 13.2. The van der Waals surface area contributed by atoms with Gasteiger partial charge in [-0.3, -0.25) is 14.7 Å². The Morgan fingerprint density at radius 2 is 1.88 bits per heavy atom. The lowest BCUT2D eigenvalue weighted by Crippen LogP contribution is -2.56. The van der Waals surface area contributed by atoms with Gasteiger partial charge in [-0.25, -0.2) is 8.42 Å². The molecular weight excluding hydrogens is 452 g/mol. The molecule has 0 saturated carbocycles. The summed E-state index contributed by atoms with van der Waals surface area (Å²) < 4.78 is 31.0. The van der Waals surface area contributed by atoms with Crippen LogP contribution in [-0.4, -0.2) is 54.3 Å². The minimum Gasteiger partial charge on any atom is -0.489 e. The number of para-hydroxylation sites is 1. The van der Waals surface area contributed by atoms with Crippen molar-refractivity contribution >= 4 is 26.7 Å². The van der Waals surface area contributed by atoms with Gasteiger partial charge in [0.1, 0.15) is 17.1 Å². The van der Waals surface area contributed by atoms with Crippen molar-refractivity contribution in [2.45, 2.75) is 44.6 Å².